The first-order chi connectivity index (χ1) is 15.8. The highest BCUT2D eigenvalue weighted by atomic mass is 15.0. The van der Waals surface area contributed by atoms with Crippen LogP contribution in [0.15, 0.2) is 82.9 Å². The summed E-state index contributed by atoms with van der Waals surface area (Å²) in [5, 5.41) is 3.75. The van der Waals surface area contributed by atoms with E-state index in [4.69, 9.17) is 4.99 Å². The average Bonchev–Trinajstić information content (AvgIpc) is 3.34. The molecule has 164 valence electrons. The predicted octanol–water partition coefficient (Wildman–Crippen LogP) is 6.63. The molecule has 32 heavy (non-hydrogen) atoms. The average molecular weight is 425 g/mol. The number of unbranched alkanes of at least 4 members (excludes halogenated alkanes) is 1. The number of hydrogen-bond acceptors (Lipinski definition) is 4. The normalized spacial score (nSPS) is 14.1. The predicted molar refractivity (Wildman–Crippen MR) is 135 cm³/mol. The van der Waals surface area contributed by atoms with Crippen LogP contribution in [0.2, 0.25) is 0 Å². The topological polar surface area (TPSA) is 49.6 Å². The fourth-order valence-electron chi connectivity index (χ4n) is 4.03. The highest BCUT2D eigenvalue weighted by molar-refractivity contribution is 6.16. The fourth-order valence-corrected chi connectivity index (χ4v) is 4.03. The van der Waals surface area contributed by atoms with E-state index in [2.05, 4.69) is 77.7 Å². The molecule has 3 aromatic rings. The van der Waals surface area contributed by atoms with Gasteiger partial charge in [-0.1, -0.05) is 75.6 Å². The standard InChI is InChI=1S/C28H32N4/c1-3-5-9-25(31-24-17-11-21(8-4-2)12-18-24)22-13-15-23(16-14-22)28-30-20-27(32-28)26-10-6-7-19-29-26/h6-7,10-19,25,31H,3-5,8-9,20H2,1-2H3. The van der Waals surface area contributed by atoms with Crippen molar-refractivity contribution in [1.82, 2.24) is 4.98 Å². The maximum absolute atomic E-state index is 4.73. The van der Waals surface area contributed by atoms with Crippen molar-refractivity contribution in [1.29, 1.82) is 0 Å². The molecule has 1 aliphatic heterocycles. The number of nitrogens with zero attached hydrogens (tertiary/aromatic N) is 3. The molecule has 4 heteroatoms. The maximum Gasteiger partial charge on any atom is 0.155 e. The summed E-state index contributed by atoms with van der Waals surface area (Å²) in [6.07, 6.45) is 7.60. The van der Waals surface area contributed by atoms with Crippen LogP contribution in [0.1, 0.15) is 68.0 Å². The first-order valence-electron chi connectivity index (χ1n) is 11.8. The Morgan fingerprint density at radius 2 is 1.72 bits per heavy atom. The van der Waals surface area contributed by atoms with Gasteiger partial charge in [-0.3, -0.25) is 9.98 Å². The molecule has 2 heterocycles. The van der Waals surface area contributed by atoms with Crippen molar-refractivity contribution >= 4 is 17.2 Å². The van der Waals surface area contributed by atoms with E-state index in [-0.39, 0.29) is 0 Å². The van der Waals surface area contributed by atoms with Crippen molar-refractivity contribution in [2.75, 3.05) is 11.9 Å². The van der Waals surface area contributed by atoms with Gasteiger partial charge in [-0.15, -0.1) is 0 Å². The molecule has 0 aliphatic carbocycles. The number of amidine groups is 1. The van der Waals surface area contributed by atoms with Crippen molar-refractivity contribution in [3.05, 3.63) is 95.3 Å². The zero-order chi connectivity index (χ0) is 22.2. The zero-order valence-corrected chi connectivity index (χ0v) is 19.1. The number of aliphatic imine (C=N–C) groups is 2. The summed E-state index contributed by atoms with van der Waals surface area (Å²) in [6, 6.07) is 23.8. The van der Waals surface area contributed by atoms with E-state index in [1.54, 1.807) is 6.20 Å². The molecule has 0 amide bonds. The Morgan fingerprint density at radius 1 is 0.906 bits per heavy atom. The van der Waals surface area contributed by atoms with Crippen molar-refractivity contribution in [3.63, 3.8) is 0 Å². The van der Waals surface area contributed by atoms with Crippen LogP contribution in [-0.2, 0) is 6.42 Å². The van der Waals surface area contributed by atoms with Gasteiger partial charge >= 0.3 is 0 Å². The molecule has 2 aromatic carbocycles. The number of hydrogen-bond donors (Lipinski definition) is 1. The lowest BCUT2D eigenvalue weighted by molar-refractivity contribution is 0.634. The van der Waals surface area contributed by atoms with Crippen molar-refractivity contribution in [2.45, 2.75) is 52.0 Å². The number of anilines is 1. The van der Waals surface area contributed by atoms with E-state index in [1.165, 1.54) is 36.1 Å². The Balaban J connectivity index is 1.48. The number of aryl methyl sites for hydroxylation is 1. The lowest BCUT2D eigenvalue weighted by Gasteiger charge is -2.21. The van der Waals surface area contributed by atoms with Crippen LogP contribution in [0.3, 0.4) is 0 Å². The first-order valence-corrected chi connectivity index (χ1v) is 11.8. The van der Waals surface area contributed by atoms with E-state index in [0.717, 1.165) is 35.6 Å². The molecule has 1 N–H and O–H groups in total. The summed E-state index contributed by atoms with van der Waals surface area (Å²) in [5.74, 6) is 0.793. The van der Waals surface area contributed by atoms with Crippen LogP contribution in [0, 0.1) is 0 Å². The fraction of sp³-hybridized carbons (Fsp3) is 0.321. The van der Waals surface area contributed by atoms with E-state index < -0.39 is 0 Å². The van der Waals surface area contributed by atoms with Gasteiger partial charge in [0.05, 0.1) is 24.0 Å². The summed E-state index contributed by atoms with van der Waals surface area (Å²) in [6.45, 7) is 5.05. The SMILES string of the molecule is CCCCC(Nc1ccc(CCC)cc1)c1ccc(C2=NCC(c3ccccn3)=N2)cc1. The molecule has 1 aromatic heterocycles. The van der Waals surface area contributed by atoms with E-state index in [0.29, 0.717) is 12.6 Å². The Bertz CT molecular complexity index is 1050. The third-order valence-corrected chi connectivity index (χ3v) is 5.83. The molecule has 4 nitrogen and oxygen atoms in total. The number of pyridine rings is 1. The molecular formula is C28H32N4. The molecule has 0 saturated carbocycles. The summed E-state index contributed by atoms with van der Waals surface area (Å²) < 4.78 is 0. The van der Waals surface area contributed by atoms with Gasteiger partial charge < -0.3 is 5.32 Å². The zero-order valence-electron chi connectivity index (χ0n) is 19.1. The second kappa shape index (κ2) is 10.9. The molecule has 0 saturated heterocycles. The molecule has 0 fully saturated rings. The van der Waals surface area contributed by atoms with Crippen molar-refractivity contribution in [3.8, 4) is 0 Å². The van der Waals surface area contributed by atoms with Crippen LogP contribution < -0.4 is 5.32 Å². The highest BCUT2D eigenvalue weighted by Gasteiger charge is 2.16. The van der Waals surface area contributed by atoms with Crippen molar-refractivity contribution < 1.29 is 0 Å². The van der Waals surface area contributed by atoms with Gasteiger partial charge in [0.2, 0.25) is 0 Å². The third-order valence-electron chi connectivity index (χ3n) is 5.83. The molecule has 0 spiro atoms. The van der Waals surface area contributed by atoms with Crippen LogP contribution in [0.25, 0.3) is 0 Å². The Kier molecular flexibility index (Phi) is 7.44. The minimum atomic E-state index is 0.291. The van der Waals surface area contributed by atoms with Gasteiger partial charge in [-0.05, 0) is 48.2 Å². The molecule has 1 atom stereocenters. The van der Waals surface area contributed by atoms with E-state index in [9.17, 15) is 0 Å². The largest absolute Gasteiger partial charge is 0.378 e. The quantitative estimate of drug-likeness (QED) is 0.397. The van der Waals surface area contributed by atoms with E-state index >= 15 is 0 Å². The minimum Gasteiger partial charge on any atom is -0.378 e. The maximum atomic E-state index is 4.73. The Labute approximate surface area is 191 Å². The van der Waals surface area contributed by atoms with Gasteiger partial charge in [0.15, 0.2) is 5.84 Å². The summed E-state index contributed by atoms with van der Waals surface area (Å²) in [5.41, 5.74) is 6.76. The van der Waals surface area contributed by atoms with Gasteiger partial charge in [-0.25, -0.2) is 4.99 Å². The van der Waals surface area contributed by atoms with Crippen LogP contribution in [-0.4, -0.2) is 23.1 Å². The van der Waals surface area contributed by atoms with Gasteiger partial charge in [-0.2, -0.15) is 0 Å². The second-order valence-corrected chi connectivity index (χ2v) is 8.32. The summed E-state index contributed by atoms with van der Waals surface area (Å²) in [7, 11) is 0. The summed E-state index contributed by atoms with van der Waals surface area (Å²) in [4.78, 5) is 13.8. The third kappa shape index (κ3) is 5.50. The molecule has 1 unspecified atom stereocenters. The minimum absolute atomic E-state index is 0.291. The molecule has 4 rings (SSSR count). The summed E-state index contributed by atoms with van der Waals surface area (Å²) >= 11 is 0. The van der Waals surface area contributed by atoms with Crippen LogP contribution in [0.4, 0.5) is 5.69 Å². The Morgan fingerprint density at radius 3 is 2.41 bits per heavy atom. The molecule has 1 aliphatic rings. The number of aromatic nitrogens is 1. The van der Waals surface area contributed by atoms with Gasteiger partial charge in [0.1, 0.15) is 0 Å². The Hall–Kier alpha value is -3.27. The van der Waals surface area contributed by atoms with E-state index in [1.807, 2.05) is 18.2 Å². The lowest BCUT2D eigenvalue weighted by Crippen LogP contribution is -2.11. The molecule has 0 radical (unpaired) electrons. The van der Waals surface area contributed by atoms with Crippen molar-refractivity contribution in [2.24, 2.45) is 9.98 Å². The van der Waals surface area contributed by atoms with Gasteiger partial charge in [0.25, 0.3) is 0 Å². The number of nitrogens with one attached hydrogen (secondary N) is 1. The van der Waals surface area contributed by atoms with Crippen LogP contribution >= 0.6 is 0 Å². The smallest absolute Gasteiger partial charge is 0.155 e. The number of benzene rings is 2. The monoisotopic (exact) mass is 424 g/mol. The number of rotatable bonds is 10. The highest BCUT2D eigenvalue weighted by Crippen LogP contribution is 2.26. The molecular weight excluding hydrogens is 392 g/mol. The van der Waals surface area contributed by atoms with Gasteiger partial charge in [0, 0.05) is 17.4 Å². The van der Waals surface area contributed by atoms with Crippen LogP contribution in [0.5, 0.6) is 0 Å². The second-order valence-electron chi connectivity index (χ2n) is 8.32. The lowest BCUT2D eigenvalue weighted by atomic mass is 9.99. The first kappa shape index (κ1) is 21.9. The molecule has 0 bridgehead atoms.